The van der Waals surface area contributed by atoms with Gasteiger partial charge in [0, 0.05) is 38.4 Å². The van der Waals surface area contributed by atoms with E-state index in [0.29, 0.717) is 6.54 Å². The summed E-state index contributed by atoms with van der Waals surface area (Å²) in [6.45, 7) is 4.87. The molecule has 144 valence electrons. The molecule has 0 atom stereocenters. The fraction of sp³-hybridized carbons (Fsp3) is 0.529. The van der Waals surface area contributed by atoms with Crippen LogP contribution in [-0.2, 0) is 9.59 Å². The van der Waals surface area contributed by atoms with Gasteiger partial charge in [-0.15, -0.1) is 0 Å². The zero-order valence-electron chi connectivity index (χ0n) is 14.8. The molecule has 0 unspecified atom stereocenters. The Kier molecular flexibility index (Phi) is 8.29. The van der Waals surface area contributed by atoms with E-state index in [1.165, 1.54) is 16.2 Å². The molecule has 1 aromatic rings. The lowest BCUT2D eigenvalue weighted by Gasteiger charge is -2.36. The van der Waals surface area contributed by atoms with E-state index in [-0.39, 0.29) is 13.1 Å². The minimum absolute atomic E-state index is 0.224. The predicted molar refractivity (Wildman–Crippen MR) is 96.9 cm³/mol. The summed E-state index contributed by atoms with van der Waals surface area (Å²) in [6.07, 6.45) is 0.836. The van der Waals surface area contributed by atoms with Crippen LogP contribution in [-0.4, -0.2) is 84.5 Å². The summed E-state index contributed by atoms with van der Waals surface area (Å²) in [5, 5.41) is 18.7. The van der Waals surface area contributed by atoms with Gasteiger partial charge in [0.25, 0.3) is 5.91 Å². The Morgan fingerprint density at radius 1 is 1.08 bits per heavy atom. The van der Waals surface area contributed by atoms with E-state index in [1.54, 1.807) is 0 Å². The molecule has 0 bridgehead atoms. The smallest absolute Gasteiger partial charge is 0.319 e. The van der Waals surface area contributed by atoms with Crippen molar-refractivity contribution in [3.8, 4) is 0 Å². The normalized spacial score (nSPS) is 15.2. The first kappa shape index (κ1) is 20.1. The third-order valence-electron chi connectivity index (χ3n) is 4.27. The average Bonchev–Trinajstić information content (AvgIpc) is 2.65. The first-order chi connectivity index (χ1) is 12.6. The van der Waals surface area contributed by atoms with Gasteiger partial charge in [-0.1, -0.05) is 18.2 Å². The molecule has 1 aromatic carbocycles. The zero-order valence-corrected chi connectivity index (χ0v) is 14.8. The van der Waals surface area contributed by atoms with Gasteiger partial charge in [-0.2, -0.15) is 0 Å². The number of piperazine rings is 1. The van der Waals surface area contributed by atoms with Crippen molar-refractivity contribution in [2.45, 2.75) is 6.42 Å². The molecule has 0 aliphatic carbocycles. The summed E-state index contributed by atoms with van der Waals surface area (Å²) in [6, 6.07) is 10.4. The van der Waals surface area contributed by atoms with Gasteiger partial charge in [-0.25, -0.2) is 10.5 Å². The van der Waals surface area contributed by atoms with Gasteiger partial charge < -0.3 is 10.0 Å². The SMILES string of the molecule is O=C(O)CN(CC(=O)NO)NCCCN1CCN(c2ccccc2)CC1. The van der Waals surface area contributed by atoms with Crippen LogP contribution >= 0.6 is 0 Å². The highest BCUT2D eigenvalue weighted by Crippen LogP contribution is 2.15. The Morgan fingerprint density at radius 2 is 1.77 bits per heavy atom. The van der Waals surface area contributed by atoms with E-state index in [1.807, 2.05) is 18.2 Å². The molecule has 1 heterocycles. The van der Waals surface area contributed by atoms with Crippen molar-refractivity contribution in [3.05, 3.63) is 30.3 Å². The fourth-order valence-electron chi connectivity index (χ4n) is 2.95. The second-order valence-corrected chi connectivity index (χ2v) is 6.21. The summed E-state index contributed by atoms with van der Waals surface area (Å²) in [5.74, 6) is -1.70. The molecular weight excluding hydrogens is 338 g/mol. The largest absolute Gasteiger partial charge is 0.480 e. The van der Waals surface area contributed by atoms with E-state index in [2.05, 4.69) is 27.4 Å². The summed E-state index contributed by atoms with van der Waals surface area (Å²) >= 11 is 0. The number of nitrogens with zero attached hydrogens (tertiary/aromatic N) is 3. The Labute approximate surface area is 153 Å². The molecule has 0 spiro atoms. The summed E-state index contributed by atoms with van der Waals surface area (Å²) in [7, 11) is 0. The van der Waals surface area contributed by atoms with Crippen LogP contribution in [0.4, 0.5) is 5.69 Å². The third kappa shape index (κ3) is 6.96. The second-order valence-electron chi connectivity index (χ2n) is 6.21. The van der Waals surface area contributed by atoms with Crippen molar-refractivity contribution in [1.29, 1.82) is 0 Å². The quantitative estimate of drug-likeness (QED) is 0.252. The topological polar surface area (TPSA) is 108 Å². The maximum atomic E-state index is 11.2. The lowest BCUT2D eigenvalue weighted by Crippen LogP contribution is -2.49. The van der Waals surface area contributed by atoms with E-state index >= 15 is 0 Å². The van der Waals surface area contributed by atoms with E-state index in [4.69, 9.17) is 10.3 Å². The Morgan fingerprint density at radius 3 is 2.38 bits per heavy atom. The summed E-state index contributed by atoms with van der Waals surface area (Å²) in [5.41, 5.74) is 5.69. The number of benzene rings is 1. The number of carbonyl (C=O) groups excluding carboxylic acids is 1. The zero-order chi connectivity index (χ0) is 18.8. The van der Waals surface area contributed by atoms with Crippen LogP contribution in [0.2, 0.25) is 0 Å². The van der Waals surface area contributed by atoms with Crippen molar-refractivity contribution >= 4 is 17.6 Å². The molecule has 1 aliphatic rings. The standard InChI is InChI=1S/C17H27N5O4/c23-16(19-26)13-22(14-17(24)25)18-7-4-8-20-9-11-21(12-10-20)15-5-2-1-3-6-15/h1-3,5-6,18,26H,4,7-14H2,(H,19,23)(H,24,25). The number of anilines is 1. The second kappa shape index (κ2) is 10.7. The highest BCUT2D eigenvalue weighted by Gasteiger charge is 2.17. The van der Waals surface area contributed by atoms with Crippen molar-refractivity contribution in [3.63, 3.8) is 0 Å². The molecule has 4 N–H and O–H groups in total. The van der Waals surface area contributed by atoms with Gasteiger partial charge >= 0.3 is 5.97 Å². The number of carbonyl (C=O) groups is 2. The highest BCUT2D eigenvalue weighted by atomic mass is 16.5. The molecule has 26 heavy (non-hydrogen) atoms. The third-order valence-corrected chi connectivity index (χ3v) is 4.27. The predicted octanol–water partition coefficient (Wildman–Crippen LogP) is -0.405. The first-order valence-electron chi connectivity index (χ1n) is 8.74. The van der Waals surface area contributed by atoms with E-state index in [9.17, 15) is 9.59 Å². The summed E-state index contributed by atoms with van der Waals surface area (Å²) < 4.78 is 0. The number of rotatable bonds is 10. The number of carboxylic acid groups (broad SMARTS) is 1. The number of nitrogens with one attached hydrogen (secondary N) is 2. The Bertz CT molecular complexity index is 564. The van der Waals surface area contributed by atoms with Crippen LogP contribution in [0.25, 0.3) is 0 Å². The molecule has 1 fully saturated rings. The minimum Gasteiger partial charge on any atom is -0.480 e. The Balaban J connectivity index is 1.64. The van der Waals surface area contributed by atoms with Crippen molar-refractivity contribution in [2.24, 2.45) is 0 Å². The molecule has 1 saturated heterocycles. The number of carboxylic acids is 1. The number of hydrogen-bond donors (Lipinski definition) is 4. The first-order valence-corrected chi connectivity index (χ1v) is 8.74. The van der Waals surface area contributed by atoms with Crippen LogP contribution in [0.5, 0.6) is 0 Å². The molecular formula is C17H27N5O4. The number of hydroxylamine groups is 1. The van der Waals surface area contributed by atoms with E-state index in [0.717, 1.165) is 39.1 Å². The molecule has 9 heteroatoms. The van der Waals surface area contributed by atoms with Crippen molar-refractivity contribution < 1.29 is 19.9 Å². The summed E-state index contributed by atoms with van der Waals surface area (Å²) in [4.78, 5) is 26.8. The monoisotopic (exact) mass is 365 g/mol. The van der Waals surface area contributed by atoms with Crippen molar-refractivity contribution in [2.75, 3.05) is 57.3 Å². The average molecular weight is 365 g/mol. The fourth-order valence-corrected chi connectivity index (χ4v) is 2.95. The van der Waals surface area contributed by atoms with Crippen LogP contribution in [0, 0.1) is 0 Å². The molecule has 1 amide bonds. The van der Waals surface area contributed by atoms with Gasteiger partial charge in [-0.3, -0.25) is 25.1 Å². The van der Waals surface area contributed by atoms with E-state index < -0.39 is 11.9 Å². The van der Waals surface area contributed by atoms with Gasteiger partial charge in [0.15, 0.2) is 0 Å². The van der Waals surface area contributed by atoms with Crippen molar-refractivity contribution in [1.82, 2.24) is 20.8 Å². The number of para-hydroxylation sites is 1. The molecule has 1 aliphatic heterocycles. The number of hydrogen-bond acceptors (Lipinski definition) is 7. The molecule has 2 rings (SSSR count). The minimum atomic E-state index is -1.04. The van der Waals surface area contributed by atoms with Crippen LogP contribution in [0.15, 0.2) is 30.3 Å². The van der Waals surface area contributed by atoms with Gasteiger partial charge in [0.1, 0.15) is 6.54 Å². The molecule has 0 aromatic heterocycles. The lowest BCUT2D eigenvalue weighted by atomic mass is 10.2. The molecule has 9 nitrogen and oxygen atoms in total. The number of amides is 1. The lowest BCUT2D eigenvalue weighted by molar-refractivity contribution is -0.140. The van der Waals surface area contributed by atoms with Gasteiger partial charge in [0.2, 0.25) is 0 Å². The molecule has 0 radical (unpaired) electrons. The van der Waals surface area contributed by atoms with Crippen LogP contribution in [0.3, 0.4) is 0 Å². The Hall–Kier alpha value is -2.20. The number of aliphatic carboxylic acids is 1. The maximum Gasteiger partial charge on any atom is 0.319 e. The molecule has 0 saturated carbocycles. The van der Waals surface area contributed by atoms with Crippen LogP contribution < -0.4 is 15.8 Å². The number of hydrazine groups is 1. The maximum absolute atomic E-state index is 11.2. The van der Waals surface area contributed by atoms with Gasteiger partial charge in [-0.05, 0) is 25.1 Å². The highest BCUT2D eigenvalue weighted by molar-refractivity contribution is 5.77. The van der Waals surface area contributed by atoms with Gasteiger partial charge in [0.05, 0.1) is 6.54 Å². The van der Waals surface area contributed by atoms with Crippen LogP contribution in [0.1, 0.15) is 6.42 Å².